The van der Waals surface area contributed by atoms with Crippen molar-refractivity contribution < 1.29 is 9.53 Å². The standard InChI is InChI=1S/C17H21BrClN5O2/c1-9-11(18)6-12-14(20-9)22-15(13(19)21-12)24-7-10(8-24)23(5)16(25)26-17(2,3)4/h6,10H,7-8H2,1-5H3. The minimum Gasteiger partial charge on any atom is -0.444 e. The molecule has 0 bridgehead atoms. The molecule has 0 saturated carbocycles. The zero-order valence-electron chi connectivity index (χ0n) is 15.4. The highest BCUT2D eigenvalue weighted by atomic mass is 79.9. The van der Waals surface area contributed by atoms with Gasteiger partial charge in [0, 0.05) is 24.6 Å². The van der Waals surface area contributed by atoms with E-state index in [0.29, 0.717) is 35.2 Å². The van der Waals surface area contributed by atoms with Crippen LogP contribution in [-0.4, -0.2) is 57.7 Å². The van der Waals surface area contributed by atoms with Crippen molar-refractivity contribution in [1.29, 1.82) is 0 Å². The fourth-order valence-electron chi connectivity index (χ4n) is 2.58. The molecule has 3 heterocycles. The summed E-state index contributed by atoms with van der Waals surface area (Å²) in [5.74, 6) is 0.585. The number of aryl methyl sites for hydroxylation is 1. The fraction of sp³-hybridized carbons (Fsp3) is 0.529. The molecular formula is C17H21BrClN5O2. The molecule has 0 radical (unpaired) electrons. The number of carbonyl (C=O) groups excluding carboxylic acids is 1. The lowest BCUT2D eigenvalue weighted by Gasteiger charge is -2.44. The number of nitrogens with zero attached hydrogens (tertiary/aromatic N) is 5. The van der Waals surface area contributed by atoms with Gasteiger partial charge in [-0.3, -0.25) is 0 Å². The molecule has 0 aromatic carbocycles. The Morgan fingerprint density at radius 2 is 2.00 bits per heavy atom. The Balaban J connectivity index is 1.73. The third-order valence-corrected chi connectivity index (χ3v) is 5.17. The molecule has 0 unspecified atom stereocenters. The van der Waals surface area contributed by atoms with Crippen LogP contribution >= 0.6 is 27.5 Å². The maximum absolute atomic E-state index is 12.2. The van der Waals surface area contributed by atoms with Gasteiger partial charge in [0.2, 0.25) is 0 Å². The average molecular weight is 443 g/mol. The van der Waals surface area contributed by atoms with E-state index >= 15 is 0 Å². The predicted octanol–water partition coefficient (Wildman–Crippen LogP) is 3.80. The molecule has 0 atom stereocenters. The van der Waals surface area contributed by atoms with Gasteiger partial charge in [0.25, 0.3) is 0 Å². The van der Waals surface area contributed by atoms with Gasteiger partial charge in [0.05, 0.1) is 11.7 Å². The Bertz CT molecular complexity index is 864. The van der Waals surface area contributed by atoms with Crippen LogP contribution in [0.15, 0.2) is 10.5 Å². The molecule has 1 aliphatic rings. The topological polar surface area (TPSA) is 71.5 Å². The number of carbonyl (C=O) groups is 1. The number of likely N-dealkylation sites (N-methyl/N-ethyl adjacent to an activating group) is 1. The lowest BCUT2D eigenvalue weighted by atomic mass is 10.1. The molecule has 2 aromatic heterocycles. The maximum atomic E-state index is 12.2. The Morgan fingerprint density at radius 3 is 2.62 bits per heavy atom. The molecule has 140 valence electrons. The summed E-state index contributed by atoms with van der Waals surface area (Å²) in [6.45, 7) is 8.68. The minimum absolute atomic E-state index is 0.0398. The summed E-state index contributed by atoms with van der Waals surface area (Å²) >= 11 is 9.75. The minimum atomic E-state index is -0.514. The molecule has 0 spiro atoms. The van der Waals surface area contributed by atoms with Crippen molar-refractivity contribution in [3.05, 3.63) is 21.4 Å². The van der Waals surface area contributed by atoms with Crippen molar-refractivity contribution in [2.24, 2.45) is 0 Å². The van der Waals surface area contributed by atoms with Crippen molar-refractivity contribution in [2.45, 2.75) is 39.3 Å². The van der Waals surface area contributed by atoms with Crippen molar-refractivity contribution in [2.75, 3.05) is 25.0 Å². The van der Waals surface area contributed by atoms with Crippen molar-refractivity contribution in [3.8, 4) is 0 Å². The van der Waals surface area contributed by atoms with Crippen molar-refractivity contribution >= 4 is 50.6 Å². The molecule has 1 fully saturated rings. The molecule has 1 saturated heterocycles. The highest BCUT2D eigenvalue weighted by Crippen LogP contribution is 2.30. The largest absolute Gasteiger partial charge is 0.444 e. The van der Waals surface area contributed by atoms with Crippen LogP contribution in [0.5, 0.6) is 0 Å². The van der Waals surface area contributed by atoms with Gasteiger partial charge in [0.15, 0.2) is 16.6 Å². The molecule has 2 aromatic rings. The number of hydrogen-bond acceptors (Lipinski definition) is 6. The summed E-state index contributed by atoms with van der Waals surface area (Å²) in [4.78, 5) is 29.2. The number of rotatable bonds is 2. The lowest BCUT2D eigenvalue weighted by molar-refractivity contribution is 0.0196. The van der Waals surface area contributed by atoms with E-state index in [9.17, 15) is 4.79 Å². The first-order valence-electron chi connectivity index (χ1n) is 8.26. The van der Waals surface area contributed by atoms with Gasteiger partial charge in [0.1, 0.15) is 11.1 Å². The summed E-state index contributed by atoms with van der Waals surface area (Å²) in [5, 5.41) is 0.327. The number of ether oxygens (including phenoxy) is 1. The third kappa shape index (κ3) is 3.86. The van der Waals surface area contributed by atoms with Crippen molar-refractivity contribution in [3.63, 3.8) is 0 Å². The number of hydrogen-bond donors (Lipinski definition) is 0. The number of anilines is 1. The summed E-state index contributed by atoms with van der Waals surface area (Å²) in [5.41, 5.74) is 1.51. The van der Waals surface area contributed by atoms with Crippen LogP contribution in [0.4, 0.5) is 10.6 Å². The lowest BCUT2D eigenvalue weighted by Crippen LogP contribution is -2.60. The Morgan fingerprint density at radius 1 is 1.35 bits per heavy atom. The first-order valence-corrected chi connectivity index (χ1v) is 9.43. The van der Waals surface area contributed by atoms with Gasteiger partial charge in [-0.25, -0.2) is 19.7 Å². The molecule has 1 aliphatic heterocycles. The number of aromatic nitrogens is 3. The highest BCUT2D eigenvalue weighted by molar-refractivity contribution is 9.10. The smallest absolute Gasteiger partial charge is 0.410 e. The van der Waals surface area contributed by atoms with E-state index in [1.807, 2.05) is 38.7 Å². The fourth-order valence-corrected chi connectivity index (χ4v) is 3.14. The third-order valence-electron chi connectivity index (χ3n) is 4.12. The summed E-state index contributed by atoms with van der Waals surface area (Å²) in [7, 11) is 1.74. The van der Waals surface area contributed by atoms with Crippen LogP contribution in [0, 0.1) is 6.92 Å². The normalized spacial score (nSPS) is 15.1. The monoisotopic (exact) mass is 441 g/mol. The van der Waals surface area contributed by atoms with E-state index in [1.165, 1.54) is 0 Å². The van der Waals surface area contributed by atoms with Crippen LogP contribution in [0.25, 0.3) is 11.2 Å². The zero-order valence-corrected chi connectivity index (χ0v) is 17.7. The maximum Gasteiger partial charge on any atom is 0.410 e. The summed E-state index contributed by atoms with van der Waals surface area (Å²) in [6.07, 6.45) is -0.333. The van der Waals surface area contributed by atoms with E-state index < -0.39 is 5.60 Å². The molecule has 1 amide bonds. The van der Waals surface area contributed by atoms with Gasteiger partial charge in [-0.05, 0) is 49.7 Å². The van der Waals surface area contributed by atoms with Gasteiger partial charge >= 0.3 is 6.09 Å². The summed E-state index contributed by atoms with van der Waals surface area (Å²) in [6, 6.07) is 1.90. The van der Waals surface area contributed by atoms with Crippen LogP contribution in [-0.2, 0) is 4.74 Å². The first kappa shape index (κ1) is 19.1. The second-order valence-corrected chi connectivity index (χ2v) is 8.60. The molecule has 7 nitrogen and oxygen atoms in total. The van der Waals surface area contributed by atoms with E-state index in [0.717, 1.165) is 10.2 Å². The Labute approximate surface area is 165 Å². The Kier molecular flexibility index (Phi) is 5.00. The summed E-state index contributed by atoms with van der Waals surface area (Å²) < 4.78 is 6.27. The number of pyridine rings is 1. The molecule has 26 heavy (non-hydrogen) atoms. The first-order chi connectivity index (χ1) is 12.0. The van der Waals surface area contributed by atoms with E-state index in [2.05, 4.69) is 30.9 Å². The zero-order chi connectivity index (χ0) is 19.2. The van der Waals surface area contributed by atoms with E-state index in [-0.39, 0.29) is 12.1 Å². The quantitative estimate of drug-likeness (QED) is 0.704. The van der Waals surface area contributed by atoms with Crippen molar-refractivity contribution in [1.82, 2.24) is 19.9 Å². The van der Waals surface area contributed by atoms with Crippen LogP contribution < -0.4 is 4.90 Å². The second-order valence-electron chi connectivity index (χ2n) is 7.39. The molecule has 0 N–H and O–H groups in total. The molecular weight excluding hydrogens is 422 g/mol. The number of fused-ring (bicyclic) bond motifs is 1. The number of halogens is 2. The predicted molar refractivity (Wildman–Crippen MR) is 105 cm³/mol. The highest BCUT2D eigenvalue weighted by Gasteiger charge is 2.36. The Hall–Kier alpha value is -1.67. The van der Waals surface area contributed by atoms with Gasteiger partial charge < -0.3 is 14.5 Å². The number of amides is 1. The van der Waals surface area contributed by atoms with Gasteiger partial charge in [-0.1, -0.05) is 11.6 Å². The van der Waals surface area contributed by atoms with Gasteiger partial charge in [-0.15, -0.1) is 0 Å². The van der Waals surface area contributed by atoms with Gasteiger partial charge in [-0.2, -0.15) is 0 Å². The second kappa shape index (κ2) is 6.81. The average Bonchev–Trinajstić information content (AvgIpc) is 2.46. The molecule has 0 aliphatic carbocycles. The van der Waals surface area contributed by atoms with Crippen LogP contribution in [0.2, 0.25) is 5.15 Å². The van der Waals surface area contributed by atoms with Crippen LogP contribution in [0.3, 0.4) is 0 Å². The van der Waals surface area contributed by atoms with E-state index in [1.54, 1.807) is 11.9 Å². The van der Waals surface area contributed by atoms with E-state index in [4.69, 9.17) is 16.3 Å². The SMILES string of the molecule is Cc1nc2nc(N3CC(N(C)C(=O)OC(C)(C)C)C3)c(Cl)nc2cc1Br. The van der Waals surface area contributed by atoms with Crippen LogP contribution in [0.1, 0.15) is 26.5 Å². The molecule has 3 rings (SSSR count). The molecule has 9 heteroatoms.